The van der Waals surface area contributed by atoms with Crippen molar-refractivity contribution < 1.29 is 14.7 Å². The number of alkyl halides is 1. The second kappa shape index (κ2) is 9.87. The second-order valence-electron chi connectivity index (χ2n) is 9.34. The Bertz CT molecular complexity index is 957. The Hall–Kier alpha value is -2.00. The van der Waals surface area contributed by atoms with Gasteiger partial charge in [0.2, 0.25) is 11.8 Å². The number of β-amino-alcohol motifs (C(OH)–C–C–N with tert-alkyl or cyclic N) is 1. The second-order valence-corrected chi connectivity index (χ2v) is 10.5. The van der Waals surface area contributed by atoms with E-state index in [9.17, 15) is 14.7 Å². The maximum absolute atomic E-state index is 13.1. The van der Waals surface area contributed by atoms with E-state index in [1.165, 1.54) is 4.90 Å². The fourth-order valence-corrected chi connectivity index (χ4v) is 4.85. The molecule has 1 aliphatic rings. The number of nitrogens with two attached hydrogens (primary N) is 1. The fourth-order valence-electron chi connectivity index (χ4n) is 3.78. The van der Waals surface area contributed by atoms with E-state index in [0.29, 0.717) is 0 Å². The van der Waals surface area contributed by atoms with Gasteiger partial charge in [0.1, 0.15) is 6.04 Å². The summed E-state index contributed by atoms with van der Waals surface area (Å²) in [6, 6.07) is 5.86. The summed E-state index contributed by atoms with van der Waals surface area (Å²) in [6.07, 6.45) is -0.592. The first-order chi connectivity index (χ1) is 15.0. The van der Waals surface area contributed by atoms with Gasteiger partial charge < -0.3 is 21.1 Å². The Morgan fingerprint density at radius 1 is 1.34 bits per heavy atom. The van der Waals surface area contributed by atoms with E-state index < -0.39 is 29.6 Å². The number of thiazole rings is 1. The molecule has 0 aliphatic carbocycles. The van der Waals surface area contributed by atoms with Crippen molar-refractivity contribution in [1.29, 1.82) is 0 Å². The molecule has 0 spiro atoms. The number of hydrogen-bond donors (Lipinski definition) is 3. The van der Waals surface area contributed by atoms with Crippen LogP contribution in [0.5, 0.6) is 0 Å². The molecule has 4 N–H and O–H groups in total. The lowest BCUT2D eigenvalue weighted by Crippen LogP contribution is -2.55. The van der Waals surface area contributed by atoms with Crippen LogP contribution in [-0.4, -0.2) is 57.4 Å². The number of nitrogens with one attached hydrogen (secondary N) is 1. The highest BCUT2D eigenvalue weighted by Crippen LogP contribution is 2.29. The minimum atomic E-state index is -0.782. The molecule has 0 saturated carbocycles. The van der Waals surface area contributed by atoms with Gasteiger partial charge in [0.15, 0.2) is 0 Å². The van der Waals surface area contributed by atoms with Crippen LogP contribution in [0.15, 0.2) is 29.8 Å². The van der Waals surface area contributed by atoms with Gasteiger partial charge in [-0.3, -0.25) is 9.59 Å². The Labute approximate surface area is 198 Å². The average molecular weight is 479 g/mol. The number of aromatic nitrogens is 1. The molecule has 3 rings (SSSR count). The van der Waals surface area contributed by atoms with E-state index in [2.05, 4.69) is 10.3 Å². The smallest absolute Gasteiger partial charge is 0.243 e. The monoisotopic (exact) mass is 478 g/mol. The summed E-state index contributed by atoms with van der Waals surface area (Å²) in [5, 5.41) is 13.1. The van der Waals surface area contributed by atoms with Gasteiger partial charge in [-0.25, -0.2) is 4.98 Å². The van der Waals surface area contributed by atoms with Crippen molar-refractivity contribution in [3.8, 4) is 10.4 Å². The Morgan fingerprint density at radius 2 is 2.00 bits per heavy atom. The van der Waals surface area contributed by atoms with Crippen LogP contribution in [0.25, 0.3) is 10.4 Å². The molecule has 1 aliphatic heterocycles. The molecular formula is C23H31ClN4O3S. The van der Waals surface area contributed by atoms with Crippen molar-refractivity contribution in [1.82, 2.24) is 15.2 Å². The fraction of sp³-hybridized carbons (Fsp3) is 0.522. The minimum Gasteiger partial charge on any atom is -0.391 e. The quantitative estimate of drug-likeness (QED) is 0.553. The van der Waals surface area contributed by atoms with Crippen LogP contribution in [0.2, 0.25) is 0 Å². The highest BCUT2D eigenvalue weighted by Gasteiger charge is 2.43. The van der Waals surface area contributed by atoms with Crippen LogP contribution >= 0.6 is 22.9 Å². The number of likely N-dealkylation sites (tertiary alicyclic amines) is 1. The lowest BCUT2D eigenvalue weighted by atomic mass is 9.86. The maximum Gasteiger partial charge on any atom is 0.243 e. The van der Waals surface area contributed by atoms with Crippen LogP contribution in [-0.2, 0) is 9.59 Å². The number of aryl methyl sites for hydroxylation is 1. The van der Waals surface area contributed by atoms with E-state index in [-0.39, 0.29) is 30.7 Å². The molecule has 2 amide bonds. The molecule has 4 atom stereocenters. The number of halogens is 1. The molecule has 32 heavy (non-hydrogen) atoms. The van der Waals surface area contributed by atoms with Crippen LogP contribution in [0.4, 0.5) is 0 Å². The predicted octanol–water partition coefficient (Wildman–Crippen LogP) is 2.85. The molecule has 9 heteroatoms. The number of hydrogen-bond acceptors (Lipinski definition) is 6. The van der Waals surface area contributed by atoms with Crippen molar-refractivity contribution in [2.24, 2.45) is 11.1 Å². The zero-order chi connectivity index (χ0) is 23.6. The molecule has 1 unspecified atom stereocenters. The minimum absolute atomic E-state index is 0.0924. The van der Waals surface area contributed by atoms with Crippen molar-refractivity contribution in [2.45, 2.75) is 58.3 Å². The standard InChI is InChI=1S/C23H31ClN4O3S/c1-13-19(32-12-26-13)15-7-5-14(6-8-15)17(10-24)27-21(30)18-9-16(29)11-28(18)22(31)20(25)23(2,3)4/h5-8,12,16-18,20,29H,9-11,25H2,1-4H3,(H,27,30)/t16-,17+,18+,20?/m1/s1. The predicted molar refractivity (Wildman–Crippen MR) is 127 cm³/mol. The molecule has 2 aromatic rings. The van der Waals surface area contributed by atoms with E-state index in [4.69, 9.17) is 17.3 Å². The number of carbonyl (C=O) groups excluding carboxylic acids is 2. The number of nitrogens with zero attached hydrogens (tertiary/aromatic N) is 2. The van der Waals surface area contributed by atoms with Crippen molar-refractivity contribution in [2.75, 3.05) is 12.4 Å². The van der Waals surface area contributed by atoms with Crippen LogP contribution in [0.1, 0.15) is 44.5 Å². The first kappa shape index (κ1) is 24.6. The zero-order valence-electron chi connectivity index (χ0n) is 18.8. The third-order valence-corrected chi connectivity index (χ3v) is 7.14. The SMILES string of the molecule is Cc1ncsc1-c1ccc([C@H](CCl)NC(=O)[C@@H]2C[C@@H](O)CN2C(=O)C(N)C(C)(C)C)cc1. The van der Waals surface area contributed by atoms with Gasteiger partial charge in [-0.1, -0.05) is 45.0 Å². The summed E-state index contributed by atoms with van der Waals surface area (Å²) in [4.78, 5) is 32.8. The molecule has 0 radical (unpaired) electrons. The van der Waals surface area contributed by atoms with Crippen molar-refractivity contribution in [3.05, 3.63) is 41.0 Å². The molecule has 1 aromatic heterocycles. The number of aliphatic hydroxyl groups is 1. The molecule has 2 heterocycles. The van der Waals surface area contributed by atoms with Gasteiger partial charge in [-0.05, 0) is 23.5 Å². The van der Waals surface area contributed by atoms with E-state index in [1.807, 2.05) is 57.5 Å². The Kier molecular flexibility index (Phi) is 7.60. The van der Waals surface area contributed by atoms with Gasteiger partial charge in [0.25, 0.3) is 0 Å². The molecule has 174 valence electrons. The lowest BCUT2D eigenvalue weighted by molar-refractivity contribution is -0.141. The number of benzene rings is 1. The first-order valence-corrected chi connectivity index (χ1v) is 12.0. The number of amides is 2. The van der Waals surface area contributed by atoms with E-state index in [1.54, 1.807) is 11.3 Å². The highest BCUT2D eigenvalue weighted by atomic mass is 35.5. The summed E-state index contributed by atoms with van der Waals surface area (Å²) in [6.45, 7) is 7.68. The highest BCUT2D eigenvalue weighted by molar-refractivity contribution is 7.13. The van der Waals surface area contributed by atoms with E-state index in [0.717, 1.165) is 21.7 Å². The molecule has 1 fully saturated rings. The van der Waals surface area contributed by atoms with Crippen molar-refractivity contribution >= 4 is 34.8 Å². The topological polar surface area (TPSA) is 109 Å². The van der Waals surface area contributed by atoms with Gasteiger partial charge in [-0.15, -0.1) is 22.9 Å². The molecular weight excluding hydrogens is 448 g/mol. The summed E-state index contributed by atoms with van der Waals surface area (Å²) in [7, 11) is 0. The van der Waals surface area contributed by atoms with Crippen LogP contribution < -0.4 is 11.1 Å². The number of rotatable bonds is 6. The Balaban J connectivity index is 1.73. The van der Waals surface area contributed by atoms with Gasteiger partial charge >= 0.3 is 0 Å². The molecule has 0 bridgehead atoms. The summed E-state index contributed by atoms with van der Waals surface area (Å²) in [5.74, 6) is -0.500. The van der Waals surface area contributed by atoms with Gasteiger partial charge in [0, 0.05) is 18.8 Å². The normalized spacial score (nSPS) is 20.8. The molecule has 7 nitrogen and oxygen atoms in total. The number of aliphatic hydroxyl groups excluding tert-OH is 1. The summed E-state index contributed by atoms with van der Waals surface area (Å²) >= 11 is 7.76. The summed E-state index contributed by atoms with van der Waals surface area (Å²) in [5.41, 5.74) is 10.4. The average Bonchev–Trinajstić information content (AvgIpc) is 3.35. The maximum atomic E-state index is 13.1. The van der Waals surface area contributed by atoms with Crippen LogP contribution in [0, 0.1) is 12.3 Å². The van der Waals surface area contributed by atoms with Crippen LogP contribution in [0.3, 0.4) is 0 Å². The van der Waals surface area contributed by atoms with Crippen molar-refractivity contribution in [3.63, 3.8) is 0 Å². The van der Waals surface area contributed by atoms with E-state index >= 15 is 0 Å². The zero-order valence-corrected chi connectivity index (χ0v) is 20.4. The first-order valence-electron chi connectivity index (χ1n) is 10.6. The third kappa shape index (κ3) is 5.31. The Morgan fingerprint density at radius 3 is 2.53 bits per heavy atom. The van der Waals surface area contributed by atoms with Gasteiger partial charge in [-0.2, -0.15) is 0 Å². The molecule has 1 saturated heterocycles. The lowest BCUT2D eigenvalue weighted by Gasteiger charge is -2.33. The molecule has 1 aromatic carbocycles. The third-order valence-electron chi connectivity index (χ3n) is 5.86. The summed E-state index contributed by atoms with van der Waals surface area (Å²) < 4.78 is 0. The number of carbonyl (C=O) groups is 2. The largest absolute Gasteiger partial charge is 0.391 e. The van der Waals surface area contributed by atoms with Gasteiger partial charge in [0.05, 0.1) is 34.3 Å².